The third kappa shape index (κ3) is 18.6. The zero-order valence-electron chi connectivity index (χ0n) is 25.6. The minimum absolute atomic E-state index is 0. The minimum atomic E-state index is -0.389. The Kier molecular flexibility index (Phi) is 32.2. The van der Waals surface area contributed by atoms with Crippen molar-refractivity contribution in [2.24, 2.45) is 11.8 Å². The number of rotatable bonds is 21. The molecule has 0 radical (unpaired) electrons. The SMILES string of the molecule is CCCCCCCCCCCCCCCCCCC1C([SiH2]c2ccccc2)=[C-]C(C(C)CC)=C1C.[Cl-].[Cl-].[Cl-].[Ti+4]. The third-order valence-corrected chi connectivity index (χ3v) is 10.3. The molecule has 0 heterocycles. The van der Waals surface area contributed by atoms with Gasteiger partial charge in [-0.05, 0) is 0 Å². The molecular formula is C34H57Cl3SiTi. The molecule has 1 aliphatic carbocycles. The van der Waals surface area contributed by atoms with Gasteiger partial charge in [0.25, 0.3) is 0 Å². The molecule has 222 valence electrons. The first-order chi connectivity index (χ1) is 17.2. The molecule has 1 aromatic carbocycles. The van der Waals surface area contributed by atoms with Crippen molar-refractivity contribution < 1.29 is 58.9 Å². The van der Waals surface area contributed by atoms with Crippen molar-refractivity contribution in [2.45, 2.75) is 143 Å². The van der Waals surface area contributed by atoms with E-state index in [0.717, 1.165) is 0 Å². The summed E-state index contributed by atoms with van der Waals surface area (Å²) in [7, 11) is -0.389. The number of allylic oxidation sites excluding steroid dienone is 4. The maximum absolute atomic E-state index is 3.95. The summed E-state index contributed by atoms with van der Waals surface area (Å²) in [5.74, 6) is 1.35. The summed E-state index contributed by atoms with van der Waals surface area (Å²) in [6.45, 7) is 9.44. The molecule has 0 aliphatic heterocycles. The predicted octanol–water partition coefficient (Wildman–Crippen LogP) is 0.821. The van der Waals surface area contributed by atoms with Crippen LogP contribution in [0.3, 0.4) is 0 Å². The molecule has 5 heteroatoms. The van der Waals surface area contributed by atoms with E-state index in [1.807, 2.05) is 0 Å². The summed E-state index contributed by atoms with van der Waals surface area (Å²) in [6, 6.07) is 11.2. The molecule has 0 N–H and O–H groups in total. The molecule has 0 bridgehead atoms. The minimum Gasteiger partial charge on any atom is -1.00 e. The molecule has 1 aliphatic rings. The quantitative estimate of drug-likeness (QED) is 0.105. The van der Waals surface area contributed by atoms with Gasteiger partial charge in [-0.3, -0.25) is 6.08 Å². The Morgan fingerprint density at radius 3 is 1.56 bits per heavy atom. The fourth-order valence-corrected chi connectivity index (χ4v) is 7.78. The second kappa shape index (κ2) is 28.6. The van der Waals surface area contributed by atoms with E-state index in [9.17, 15) is 0 Å². The van der Waals surface area contributed by atoms with E-state index < -0.39 is 0 Å². The molecule has 0 saturated heterocycles. The van der Waals surface area contributed by atoms with Crippen LogP contribution in [-0.2, 0) is 21.7 Å². The van der Waals surface area contributed by atoms with Gasteiger partial charge >= 0.3 is 21.7 Å². The molecule has 2 rings (SSSR count). The average Bonchev–Trinajstić information content (AvgIpc) is 3.18. The largest absolute Gasteiger partial charge is 4.00 e. The van der Waals surface area contributed by atoms with Gasteiger partial charge in [0.1, 0.15) is 0 Å². The van der Waals surface area contributed by atoms with Crippen LogP contribution in [0.4, 0.5) is 0 Å². The average molecular weight is 648 g/mol. The summed E-state index contributed by atoms with van der Waals surface area (Å²) in [4.78, 5) is 0. The van der Waals surface area contributed by atoms with Gasteiger partial charge in [0.15, 0.2) is 0 Å². The summed E-state index contributed by atoms with van der Waals surface area (Å²) >= 11 is 0. The summed E-state index contributed by atoms with van der Waals surface area (Å²) in [6.07, 6.45) is 29.7. The Morgan fingerprint density at radius 1 is 0.692 bits per heavy atom. The van der Waals surface area contributed by atoms with Crippen molar-refractivity contribution >= 4 is 14.7 Å². The third-order valence-electron chi connectivity index (χ3n) is 8.35. The maximum atomic E-state index is 3.95. The van der Waals surface area contributed by atoms with E-state index in [1.165, 1.54) is 116 Å². The smallest absolute Gasteiger partial charge is 1.00 e. The molecule has 0 amide bonds. The fraction of sp³-hybridized carbons (Fsp3) is 0.706. The van der Waals surface area contributed by atoms with Crippen LogP contribution in [0.1, 0.15) is 143 Å². The van der Waals surface area contributed by atoms with Crippen LogP contribution in [-0.4, -0.2) is 9.52 Å². The number of hydrogen-bond acceptors (Lipinski definition) is 0. The van der Waals surface area contributed by atoms with Crippen molar-refractivity contribution in [1.29, 1.82) is 0 Å². The molecule has 0 spiro atoms. The van der Waals surface area contributed by atoms with Crippen molar-refractivity contribution in [2.75, 3.05) is 0 Å². The maximum Gasteiger partial charge on any atom is 4.00 e. The van der Waals surface area contributed by atoms with E-state index in [4.69, 9.17) is 0 Å². The van der Waals surface area contributed by atoms with E-state index >= 15 is 0 Å². The topological polar surface area (TPSA) is 0 Å². The van der Waals surface area contributed by atoms with Crippen LogP contribution in [0.5, 0.6) is 0 Å². The van der Waals surface area contributed by atoms with Crippen LogP contribution in [0.2, 0.25) is 0 Å². The van der Waals surface area contributed by atoms with Crippen LogP contribution < -0.4 is 42.4 Å². The van der Waals surface area contributed by atoms with Gasteiger partial charge < -0.3 is 37.2 Å². The van der Waals surface area contributed by atoms with Gasteiger partial charge in [0.2, 0.25) is 0 Å². The fourth-order valence-electron chi connectivity index (χ4n) is 5.79. The Hall–Kier alpha value is 0.501. The molecule has 2 atom stereocenters. The van der Waals surface area contributed by atoms with E-state index in [2.05, 4.69) is 64.1 Å². The summed E-state index contributed by atoms with van der Waals surface area (Å²) in [5, 5.41) is 3.26. The number of benzene rings is 1. The van der Waals surface area contributed by atoms with Crippen LogP contribution >= 0.6 is 0 Å². The number of halogens is 3. The zero-order chi connectivity index (χ0) is 25.1. The molecule has 0 saturated carbocycles. The van der Waals surface area contributed by atoms with Crippen molar-refractivity contribution in [3.63, 3.8) is 0 Å². The zero-order valence-corrected chi connectivity index (χ0v) is 30.9. The van der Waals surface area contributed by atoms with Crippen LogP contribution in [0.15, 0.2) is 46.7 Å². The molecule has 0 fully saturated rings. The number of hydrogen-bond donors (Lipinski definition) is 0. The van der Waals surface area contributed by atoms with E-state index in [1.54, 1.807) is 21.5 Å². The molecule has 1 aromatic rings. The van der Waals surface area contributed by atoms with Gasteiger partial charge in [-0.25, -0.2) is 11.1 Å². The molecular weight excluding hydrogens is 591 g/mol. The van der Waals surface area contributed by atoms with Crippen molar-refractivity contribution in [3.8, 4) is 0 Å². The summed E-state index contributed by atoms with van der Waals surface area (Å²) in [5.41, 5.74) is 3.20. The standard InChI is InChI=1S/C34H57Si.3ClH.Ti/c1-5-7-8-9-10-11-12-13-14-15-16-17-18-19-20-24-27-32-30(4)33(29(3)6-2)28-34(32)35-31-25-22-21-23-26-31;;;;/h21-23,25-26,29,32H,5-20,24,27,35H2,1-4H3;3*1H;/q-1;;;;+4/p-3. The van der Waals surface area contributed by atoms with Crippen molar-refractivity contribution in [3.05, 3.63) is 52.8 Å². The molecule has 39 heavy (non-hydrogen) atoms. The second-order valence-corrected chi connectivity index (χ2v) is 13.3. The molecule has 2 unspecified atom stereocenters. The van der Waals surface area contributed by atoms with Crippen LogP contribution in [0, 0.1) is 17.9 Å². The molecule has 0 aromatic heterocycles. The van der Waals surface area contributed by atoms with Crippen LogP contribution in [0.25, 0.3) is 0 Å². The van der Waals surface area contributed by atoms with Gasteiger partial charge in [-0.15, -0.1) is 6.92 Å². The van der Waals surface area contributed by atoms with Gasteiger partial charge in [-0.1, -0.05) is 184 Å². The van der Waals surface area contributed by atoms with E-state index in [-0.39, 0.29) is 68.5 Å². The number of unbranched alkanes of at least 4 members (excludes halogenated alkanes) is 15. The first kappa shape index (κ1) is 43.9. The summed E-state index contributed by atoms with van der Waals surface area (Å²) < 4.78 is 0. The monoisotopic (exact) mass is 646 g/mol. The Morgan fingerprint density at radius 2 is 1.13 bits per heavy atom. The van der Waals surface area contributed by atoms with Gasteiger partial charge in [0, 0.05) is 0 Å². The molecule has 0 nitrogen and oxygen atoms in total. The first-order valence-electron chi connectivity index (χ1n) is 15.5. The van der Waals surface area contributed by atoms with Gasteiger partial charge in [0.05, 0.1) is 9.52 Å². The Labute approximate surface area is 279 Å². The Balaban J connectivity index is -0.00000324. The van der Waals surface area contributed by atoms with Gasteiger partial charge in [-0.2, -0.15) is 5.20 Å². The van der Waals surface area contributed by atoms with Crippen molar-refractivity contribution in [1.82, 2.24) is 0 Å². The normalized spacial score (nSPS) is 15.3. The Bertz CT molecular complexity index is 735. The predicted molar refractivity (Wildman–Crippen MR) is 161 cm³/mol. The first-order valence-corrected chi connectivity index (χ1v) is 17.0. The second-order valence-electron chi connectivity index (χ2n) is 11.4. The van der Waals surface area contributed by atoms with E-state index in [0.29, 0.717) is 11.8 Å².